The number of aliphatic hydroxyl groups excluding tert-OH is 1. The molecule has 0 saturated carbocycles. The van der Waals surface area contributed by atoms with Gasteiger partial charge in [-0.15, -0.1) is 0 Å². The molecule has 0 aliphatic heterocycles. The first-order chi connectivity index (χ1) is 10.7. The molecule has 0 aliphatic carbocycles. The van der Waals surface area contributed by atoms with Gasteiger partial charge in [-0.2, -0.15) is 4.31 Å². The molecule has 1 aromatic carbocycles. The van der Waals surface area contributed by atoms with E-state index in [2.05, 4.69) is 5.32 Å². The van der Waals surface area contributed by atoms with Crippen molar-refractivity contribution in [1.82, 2.24) is 9.62 Å². The van der Waals surface area contributed by atoms with Gasteiger partial charge in [0, 0.05) is 20.1 Å². The normalized spacial score (nSPS) is 14.7. The summed E-state index contributed by atoms with van der Waals surface area (Å²) in [4.78, 5) is 11.0. The van der Waals surface area contributed by atoms with Gasteiger partial charge >= 0.3 is 5.97 Å². The van der Waals surface area contributed by atoms with Crippen molar-refractivity contribution < 1.29 is 23.4 Å². The van der Waals surface area contributed by atoms with E-state index in [0.717, 1.165) is 9.87 Å². The lowest BCUT2D eigenvalue weighted by atomic mass is 10.2. The molecule has 0 unspecified atom stereocenters. The molecule has 23 heavy (non-hydrogen) atoms. The van der Waals surface area contributed by atoms with Gasteiger partial charge in [-0.25, -0.2) is 8.42 Å². The standard InChI is InChI=1S/C15H24N2O5S/c1-4-14(15(19)20)16-9-12(18)10-17(3)23(21,22)13-7-5-11(2)6-8-13/h5-8,12,14,16,18H,4,9-10H2,1-3H3,(H,19,20)/t12-,14+/m1/s1. The van der Waals surface area contributed by atoms with Crippen molar-refractivity contribution in [3.05, 3.63) is 29.8 Å². The van der Waals surface area contributed by atoms with E-state index >= 15 is 0 Å². The average Bonchev–Trinajstić information content (AvgIpc) is 2.47. The van der Waals surface area contributed by atoms with Gasteiger partial charge in [0.1, 0.15) is 6.04 Å². The Morgan fingerprint density at radius 3 is 2.35 bits per heavy atom. The van der Waals surface area contributed by atoms with E-state index in [-0.39, 0.29) is 18.0 Å². The van der Waals surface area contributed by atoms with E-state index in [9.17, 15) is 18.3 Å². The van der Waals surface area contributed by atoms with Crippen molar-refractivity contribution in [2.24, 2.45) is 0 Å². The summed E-state index contributed by atoms with van der Waals surface area (Å²) in [5, 5.41) is 21.6. The second-order valence-electron chi connectivity index (χ2n) is 5.46. The van der Waals surface area contributed by atoms with Crippen LogP contribution in [-0.4, -0.2) is 61.2 Å². The van der Waals surface area contributed by atoms with Crippen molar-refractivity contribution in [3.63, 3.8) is 0 Å². The highest BCUT2D eigenvalue weighted by atomic mass is 32.2. The summed E-state index contributed by atoms with van der Waals surface area (Å²) < 4.78 is 25.8. The van der Waals surface area contributed by atoms with Crippen LogP contribution in [0.2, 0.25) is 0 Å². The number of aliphatic carboxylic acids is 1. The van der Waals surface area contributed by atoms with E-state index < -0.39 is 28.1 Å². The number of sulfonamides is 1. The SMILES string of the molecule is CC[C@H](NC[C@@H](O)CN(C)S(=O)(=O)c1ccc(C)cc1)C(=O)O. The van der Waals surface area contributed by atoms with E-state index in [1.807, 2.05) is 6.92 Å². The fraction of sp³-hybridized carbons (Fsp3) is 0.533. The number of benzene rings is 1. The van der Waals surface area contributed by atoms with Crippen molar-refractivity contribution in [3.8, 4) is 0 Å². The molecule has 0 spiro atoms. The third kappa shape index (κ3) is 5.58. The van der Waals surface area contributed by atoms with Crippen LogP contribution in [0.25, 0.3) is 0 Å². The number of likely N-dealkylation sites (N-methyl/N-ethyl adjacent to an activating group) is 1. The fourth-order valence-electron chi connectivity index (χ4n) is 2.03. The smallest absolute Gasteiger partial charge is 0.320 e. The van der Waals surface area contributed by atoms with Crippen LogP contribution in [0.5, 0.6) is 0 Å². The third-order valence-corrected chi connectivity index (χ3v) is 5.34. The van der Waals surface area contributed by atoms with Crippen LogP contribution < -0.4 is 5.32 Å². The molecular formula is C15H24N2O5S. The number of rotatable bonds is 9. The molecule has 0 saturated heterocycles. The van der Waals surface area contributed by atoms with Crippen LogP contribution in [0.15, 0.2) is 29.2 Å². The fourth-order valence-corrected chi connectivity index (χ4v) is 3.24. The van der Waals surface area contributed by atoms with Crippen molar-refractivity contribution in [2.75, 3.05) is 20.1 Å². The summed E-state index contributed by atoms with van der Waals surface area (Å²) in [5.74, 6) is -1.000. The van der Waals surface area contributed by atoms with Gasteiger partial charge in [-0.3, -0.25) is 4.79 Å². The number of aliphatic hydroxyl groups is 1. The maximum Gasteiger partial charge on any atom is 0.320 e. The molecule has 0 aromatic heterocycles. The minimum absolute atomic E-state index is 0.00142. The van der Waals surface area contributed by atoms with Crippen LogP contribution in [0.3, 0.4) is 0 Å². The van der Waals surface area contributed by atoms with Gasteiger partial charge in [0.2, 0.25) is 10.0 Å². The second-order valence-corrected chi connectivity index (χ2v) is 7.50. The molecule has 2 atom stereocenters. The lowest BCUT2D eigenvalue weighted by molar-refractivity contribution is -0.139. The quantitative estimate of drug-likeness (QED) is 0.600. The highest BCUT2D eigenvalue weighted by molar-refractivity contribution is 7.89. The summed E-state index contributed by atoms with van der Waals surface area (Å²) in [6.07, 6.45) is -0.631. The summed E-state index contributed by atoms with van der Waals surface area (Å²) >= 11 is 0. The molecular weight excluding hydrogens is 320 g/mol. The number of nitrogens with one attached hydrogen (secondary N) is 1. The van der Waals surface area contributed by atoms with E-state index in [1.54, 1.807) is 19.1 Å². The molecule has 7 nitrogen and oxygen atoms in total. The van der Waals surface area contributed by atoms with Crippen LogP contribution in [0.4, 0.5) is 0 Å². The van der Waals surface area contributed by atoms with E-state index in [4.69, 9.17) is 5.11 Å². The highest BCUT2D eigenvalue weighted by Gasteiger charge is 2.23. The maximum atomic E-state index is 12.4. The van der Waals surface area contributed by atoms with Crippen molar-refractivity contribution in [2.45, 2.75) is 37.3 Å². The largest absolute Gasteiger partial charge is 0.480 e. The Hall–Kier alpha value is -1.48. The summed E-state index contributed by atoms with van der Waals surface area (Å²) in [7, 11) is -2.30. The third-order valence-electron chi connectivity index (χ3n) is 3.50. The van der Waals surface area contributed by atoms with Gasteiger partial charge in [-0.05, 0) is 25.5 Å². The predicted octanol–water partition coefficient (Wildman–Crippen LogP) is 0.429. The molecule has 8 heteroatoms. The predicted molar refractivity (Wildman–Crippen MR) is 86.7 cm³/mol. The number of hydrogen-bond acceptors (Lipinski definition) is 5. The molecule has 3 N–H and O–H groups in total. The topological polar surface area (TPSA) is 107 Å². The van der Waals surface area contributed by atoms with Gasteiger partial charge < -0.3 is 15.5 Å². The van der Waals surface area contributed by atoms with Crippen LogP contribution >= 0.6 is 0 Å². The van der Waals surface area contributed by atoms with Crippen LogP contribution in [0.1, 0.15) is 18.9 Å². The number of nitrogens with zero attached hydrogens (tertiary/aromatic N) is 1. The first kappa shape index (κ1) is 19.6. The number of carbonyl (C=O) groups is 1. The molecule has 0 aliphatic rings. The second kappa shape index (κ2) is 8.39. The molecule has 0 amide bonds. The van der Waals surface area contributed by atoms with E-state index in [0.29, 0.717) is 6.42 Å². The molecule has 130 valence electrons. The monoisotopic (exact) mass is 344 g/mol. The molecule has 0 heterocycles. The number of aryl methyl sites for hydroxylation is 1. The van der Waals surface area contributed by atoms with E-state index in [1.165, 1.54) is 19.2 Å². The number of carboxylic acids is 1. The lowest BCUT2D eigenvalue weighted by Gasteiger charge is -2.22. The molecule has 0 radical (unpaired) electrons. The van der Waals surface area contributed by atoms with Gasteiger partial charge in [0.05, 0.1) is 11.0 Å². The minimum Gasteiger partial charge on any atom is -0.480 e. The van der Waals surface area contributed by atoms with Crippen LogP contribution in [0, 0.1) is 6.92 Å². The minimum atomic E-state index is -3.68. The Morgan fingerprint density at radius 1 is 1.30 bits per heavy atom. The molecule has 1 rings (SSSR count). The molecule has 0 bridgehead atoms. The zero-order chi connectivity index (χ0) is 17.6. The van der Waals surface area contributed by atoms with Gasteiger partial charge in [0.15, 0.2) is 0 Å². The molecule has 0 fully saturated rings. The zero-order valence-corrected chi connectivity index (χ0v) is 14.4. The molecule has 1 aromatic rings. The summed E-state index contributed by atoms with van der Waals surface area (Å²) in [5.41, 5.74) is 0.954. The average molecular weight is 344 g/mol. The summed E-state index contributed by atoms with van der Waals surface area (Å²) in [6, 6.07) is 5.69. The van der Waals surface area contributed by atoms with Gasteiger partial charge in [0.25, 0.3) is 0 Å². The highest BCUT2D eigenvalue weighted by Crippen LogP contribution is 2.15. The number of carboxylic acid groups (broad SMARTS) is 1. The van der Waals surface area contributed by atoms with Crippen LogP contribution in [-0.2, 0) is 14.8 Å². The first-order valence-corrected chi connectivity index (χ1v) is 8.79. The lowest BCUT2D eigenvalue weighted by Crippen LogP contribution is -2.44. The van der Waals surface area contributed by atoms with Gasteiger partial charge in [-0.1, -0.05) is 24.6 Å². The summed E-state index contributed by atoms with van der Waals surface area (Å²) in [6.45, 7) is 3.45. The Labute approximate surface area is 137 Å². The zero-order valence-electron chi connectivity index (χ0n) is 13.6. The van der Waals surface area contributed by atoms with Crippen molar-refractivity contribution >= 4 is 16.0 Å². The Bertz CT molecular complexity index is 615. The maximum absolute atomic E-state index is 12.4. The Balaban J connectivity index is 2.65. The Kier molecular flexibility index (Phi) is 7.14. The first-order valence-electron chi connectivity index (χ1n) is 7.35. The van der Waals surface area contributed by atoms with Crippen molar-refractivity contribution in [1.29, 1.82) is 0 Å². The number of hydrogen-bond donors (Lipinski definition) is 3. The Morgan fingerprint density at radius 2 is 1.87 bits per heavy atom.